The van der Waals surface area contributed by atoms with Crippen LogP contribution in [0.5, 0.6) is 5.75 Å². The van der Waals surface area contributed by atoms with Gasteiger partial charge in [0.25, 0.3) is 0 Å². The van der Waals surface area contributed by atoms with Gasteiger partial charge in [0.15, 0.2) is 5.75 Å². The summed E-state index contributed by atoms with van der Waals surface area (Å²) in [5.74, 6) is 2.08. The van der Waals surface area contributed by atoms with Crippen LogP contribution in [0.4, 0.5) is 0 Å². The highest BCUT2D eigenvalue weighted by molar-refractivity contribution is 5.36. The third kappa shape index (κ3) is 2.01. The SMILES string of the molecule is CCn1ncc(OC)c1C(O)c1cc(C)oc1C. The van der Waals surface area contributed by atoms with E-state index in [1.165, 1.54) is 0 Å². The Morgan fingerprint density at radius 3 is 2.72 bits per heavy atom. The second kappa shape index (κ2) is 4.86. The molecule has 98 valence electrons. The van der Waals surface area contributed by atoms with Crippen molar-refractivity contribution < 1.29 is 14.3 Å². The van der Waals surface area contributed by atoms with E-state index in [4.69, 9.17) is 9.15 Å². The van der Waals surface area contributed by atoms with E-state index in [-0.39, 0.29) is 0 Å². The lowest BCUT2D eigenvalue weighted by Crippen LogP contribution is -2.10. The molecule has 2 rings (SSSR count). The quantitative estimate of drug-likeness (QED) is 0.903. The fourth-order valence-electron chi connectivity index (χ4n) is 2.13. The lowest BCUT2D eigenvalue weighted by molar-refractivity contribution is 0.200. The number of aromatic nitrogens is 2. The largest absolute Gasteiger partial charge is 0.493 e. The van der Waals surface area contributed by atoms with E-state index in [9.17, 15) is 5.11 Å². The Morgan fingerprint density at radius 2 is 2.22 bits per heavy atom. The smallest absolute Gasteiger partial charge is 0.163 e. The summed E-state index contributed by atoms with van der Waals surface area (Å²) in [4.78, 5) is 0. The van der Waals surface area contributed by atoms with Crippen molar-refractivity contribution in [3.05, 3.63) is 35.0 Å². The standard InChI is InChI=1S/C13H18N2O3/c1-5-15-12(11(17-4)7-14-15)13(16)10-6-8(2)18-9(10)3/h6-7,13,16H,5H2,1-4H3. The first-order valence-corrected chi connectivity index (χ1v) is 5.93. The van der Waals surface area contributed by atoms with Crippen molar-refractivity contribution in [2.75, 3.05) is 7.11 Å². The van der Waals surface area contributed by atoms with Crippen LogP contribution in [0.15, 0.2) is 16.7 Å². The van der Waals surface area contributed by atoms with Crippen LogP contribution >= 0.6 is 0 Å². The summed E-state index contributed by atoms with van der Waals surface area (Å²) in [5, 5.41) is 14.7. The molecule has 1 unspecified atom stereocenters. The maximum atomic E-state index is 10.5. The lowest BCUT2D eigenvalue weighted by Gasteiger charge is -2.13. The maximum absolute atomic E-state index is 10.5. The molecule has 1 atom stereocenters. The predicted octanol–water partition coefficient (Wildman–Crippen LogP) is 2.20. The average molecular weight is 250 g/mol. The predicted molar refractivity (Wildman–Crippen MR) is 66.7 cm³/mol. The zero-order valence-electron chi connectivity index (χ0n) is 11.1. The van der Waals surface area contributed by atoms with Crippen LogP contribution < -0.4 is 4.74 Å². The minimum Gasteiger partial charge on any atom is -0.493 e. The van der Waals surface area contributed by atoms with Gasteiger partial charge >= 0.3 is 0 Å². The molecule has 5 nitrogen and oxygen atoms in total. The van der Waals surface area contributed by atoms with Crippen LogP contribution in [0, 0.1) is 13.8 Å². The Balaban J connectivity index is 2.47. The van der Waals surface area contributed by atoms with E-state index in [2.05, 4.69) is 5.10 Å². The van der Waals surface area contributed by atoms with Gasteiger partial charge in [0.1, 0.15) is 23.3 Å². The van der Waals surface area contributed by atoms with Crippen LogP contribution in [0.3, 0.4) is 0 Å². The average Bonchev–Trinajstić information content (AvgIpc) is 2.90. The van der Waals surface area contributed by atoms with Crippen molar-refractivity contribution in [3.8, 4) is 5.75 Å². The number of aliphatic hydroxyl groups excluding tert-OH is 1. The van der Waals surface area contributed by atoms with E-state index < -0.39 is 6.10 Å². The monoisotopic (exact) mass is 250 g/mol. The van der Waals surface area contributed by atoms with Gasteiger partial charge in [0.05, 0.1) is 13.3 Å². The molecule has 0 bridgehead atoms. The number of aryl methyl sites for hydroxylation is 3. The molecule has 1 N–H and O–H groups in total. The van der Waals surface area contributed by atoms with Crippen molar-refractivity contribution in [2.24, 2.45) is 0 Å². The fourth-order valence-corrected chi connectivity index (χ4v) is 2.13. The van der Waals surface area contributed by atoms with E-state index in [0.29, 0.717) is 23.7 Å². The highest BCUT2D eigenvalue weighted by Crippen LogP contribution is 2.32. The molecule has 2 heterocycles. The molecule has 0 saturated heterocycles. The molecule has 0 aliphatic carbocycles. The number of rotatable bonds is 4. The zero-order chi connectivity index (χ0) is 13.3. The number of ether oxygens (including phenoxy) is 1. The van der Waals surface area contributed by atoms with Crippen LogP contribution in [0.25, 0.3) is 0 Å². The van der Waals surface area contributed by atoms with Gasteiger partial charge in [-0.25, -0.2) is 0 Å². The molecule has 0 aromatic carbocycles. The first-order chi connectivity index (χ1) is 8.58. The Kier molecular flexibility index (Phi) is 3.43. The second-order valence-electron chi connectivity index (χ2n) is 4.19. The van der Waals surface area contributed by atoms with Gasteiger partial charge in [-0.1, -0.05) is 0 Å². The van der Waals surface area contributed by atoms with Gasteiger partial charge in [-0.05, 0) is 26.8 Å². The molecule has 0 fully saturated rings. The Labute approximate surface area is 106 Å². The van der Waals surface area contributed by atoms with E-state index in [1.807, 2.05) is 26.8 Å². The van der Waals surface area contributed by atoms with Crippen molar-refractivity contribution >= 4 is 0 Å². The molecular formula is C13H18N2O3. The molecule has 5 heteroatoms. The number of hydrogen-bond acceptors (Lipinski definition) is 4. The third-order valence-electron chi connectivity index (χ3n) is 3.00. The minimum absolute atomic E-state index is 0.586. The molecule has 2 aromatic rings. The third-order valence-corrected chi connectivity index (χ3v) is 3.00. The number of furan rings is 1. The molecule has 0 spiro atoms. The summed E-state index contributed by atoms with van der Waals surface area (Å²) < 4.78 is 12.4. The number of nitrogens with zero attached hydrogens (tertiary/aromatic N) is 2. The van der Waals surface area contributed by atoms with Crippen LogP contribution in [0.1, 0.15) is 35.8 Å². The second-order valence-corrected chi connectivity index (χ2v) is 4.19. The lowest BCUT2D eigenvalue weighted by atomic mass is 10.1. The van der Waals surface area contributed by atoms with Crippen molar-refractivity contribution in [2.45, 2.75) is 33.4 Å². The normalized spacial score (nSPS) is 12.7. The highest BCUT2D eigenvalue weighted by atomic mass is 16.5. The first kappa shape index (κ1) is 12.7. The van der Waals surface area contributed by atoms with Gasteiger partial charge in [-0.3, -0.25) is 4.68 Å². The molecule has 0 saturated carbocycles. The van der Waals surface area contributed by atoms with E-state index in [1.54, 1.807) is 18.0 Å². The molecule has 0 radical (unpaired) electrons. The van der Waals surface area contributed by atoms with E-state index >= 15 is 0 Å². The zero-order valence-corrected chi connectivity index (χ0v) is 11.1. The Morgan fingerprint density at radius 1 is 1.50 bits per heavy atom. The topological polar surface area (TPSA) is 60.4 Å². The van der Waals surface area contributed by atoms with Gasteiger partial charge in [0, 0.05) is 12.1 Å². The molecule has 0 amide bonds. The van der Waals surface area contributed by atoms with Crippen LogP contribution in [-0.2, 0) is 6.54 Å². The Bertz CT molecular complexity index is 521. The summed E-state index contributed by atoms with van der Waals surface area (Å²) in [5.41, 5.74) is 1.41. The van der Waals surface area contributed by atoms with Gasteiger partial charge in [-0.2, -0.15) is 5.10 Å². The summed E-state index contributed by atoms with van der Waals surface area (Å²) in [7, 11) is 1.57. The number of aliphatic hydroxyl groups is 1. The molecule has 18 heavy (non-hydrogen) atoms. The molecule has 0 aliphatic heterocycles. The van der Waals surface area contributed by atoms with E-state index in [0.717, 1.165) is 11.3 Å². The summed E-state index contributed by atoms with van der Waals surface area (Å²) in [6.07, 6.45) is 0.824. The number of methoxy groups -OCH3 is 1. The van der Waals surface area contributed by atoms with Gasteiger partial charge < -0.3 is 14.3 Å². The molecule has 2 aromatic heterocycles. The number of hydrogen-bond donors (Lipinski definition) is 1. The van der Waals surface area contributed by atoms with Crippen molar-refractivity contribution in [1.82, 2.24) is 9.78 Å². The first-order valence-electron chi connectivity index (χ1n) is 5.93. The van der Waals surface area contributed by atoms with Crippen molar-refractivity contribution in [3.63, 3.8) is 0 Å². The summed E-state index contributed by atoms with van der Waals surface area (Å²) in [6.45, 7) is 6.34. The minimum atomic E-state index is -0.792. The van der Waals surface area contributed by atoms with Gasteiger partial charge in [-0.15, -0.1) is 0 Å². The van der Waals surface area contributed by atoms with Crippen LogP contribution in [-0.4, -0.2) is 22.0 Å². The van der Waals surface area contributed by atoms with Gasteiger partial charge in [0.2, 0.25) is 0 Å². The van der Waals surface area contributed by atoms with Crippen LogP contribution in [0.2, 0.25) is 0 Å². The molecule has 0 aliphatic rings. The maximum Gasteiger partial charge on any atom is 0.163 e. The Hall–Kier alpha value is -1.75. The summed E-state index contributed by atoms with van der Waals surface area (Å²) in [6, 6.07) is 1.84. The summed E-state index contributed by atoms with van der Waals surface area (Å²) >= 11 is 0. The fraction of sp³-hybridized carbons (Fsp3) is 0.462. The highest BCUT2D eigenvalue weighted by Gasteiger charge is 2.24. The molecular weight excluding hydrogens is 232 g/mol. The van der Waals surface area contributed by atoms with Crippen molar-refractivity contribution in [1.29, 1.82) is 0 Å².